The van der Waals surface area contributed by atoms with Crippen LogP contribution < -0.4 is 5.11 Å². The lowest BCUT2D eigenvalue weighted by molar-refractivity contribution is -0.297. The standard InChI is InChI=1S/C12H13NO6/c1-7-8(2)12(18)13(11(7)17)5-6-19-10(16)4-3-9(14)15/h3-4H,5-6H2,1-2H3,(H,14,15)/p-1/b4-3-. The van der Waals surface area contributed by atoms with E-state index in [4.69, 9.17) is 0 Å². The molecule has 1 heterocycles. The molecule has 102 valence electrons. The van der Waals surface area contributed by atoms with Crippen LogP contribution in [0.3, 0.4) is 0 Å². The van der Waals surface area contributed by atoms with Crippen molar-refractivity contribution in [2.24, 2.45) is 0 Å². The largest absolute Gasteiger partial charge is 0.545 e. The van der Waals surface area contributed by atoms with Crippen molar-refractivity contribution in [2.45, 2.75) is 13.8 Å². The van der Waals surface area contributed by atoms with Gasteiger partial charge < -0.3 is 14.6 Å². The summed E-state index contributed by atoms with van der Waals surface area (Å²) in [6.07, 6.45) is 1.22. The number of aliphatic carboxylic acids is 1. The summed E-state index contributed by atoms with van der Waals surface area (Å²) in [4.78, 5) is 45.3. The Morgan fingerprint density at radius 1 is 1.16 bits per heavy atom. The Bertz CT molecular complexity index is 478. The fourth-order valence-corrected chi connectivity index (χ4v) is 1.44. The summed E-state index contributed by atoms with van der Waals surface area (Å²) in [6, 6.07) is 0. The second-order valence-corrected chi connectivity index (χ2v) is 3.83. The summed E-state index contributed by atoms with van der Waals surface area (Å²) < 4.78 is 4.64. The van der Waals surface area contributed by atoms with Crippen LogP contribution in [0.1, 0.15) is 13.8 Å². The Morgan fingerprint density at radius 2 is 1.68 bits per heavy atom. The molecule has 0 atom stereocenters. The summed E-state index contributed by atoms with van der Waals surface area (Å²) in [5.41, 5.74) is 0.737. The van der Waals surface area contributed by atoms with Gasteiger partial charge in [0.15, 0.2) is 0 Å². The number of hydrogen-bond acceptors (Lipinski definition) is 6. The van der Waals surface area contributed by atoms with Crippen molar-refractivity contribution in [2.75, 3.05) is 13.2 Å². The first-order valence-corrected chi connectivity index (χ1v) is 5.44. The van der Waals surface area contributed by atoms with E-state index < -0.39 is 23.8 Å². The van der Waals surface area contributed by atoms with Crippen LogP contribution in [-0.2, 0) is 23.9 Å². The first-order chi connectivity index (χ1) is 8.84. The Kier molecular flexibility index (Phi) is 4.57. The molecular weight excluding hydrogens is 254 g/mol. The van der Waals surface area contributed by atoms with Gasteiger partial charge in [0.1, 0.15) is 6.61 Å². The molecule has 1 aliphatic rings. The van der Waals surface area contributed by atoms with Crippen molar-refractivity contribution in [3.63, 3.8) is 0 Å². The van der Waals surface area contributed by atoms with E-state index in [1.165, 1.54) is 0 Å². The third-order valence-corrected chi connectivity index (χ3v) is 2.61. The molecule has 0 aromatic carbocycles. The molecule has 1 rings (SSSR count). The maximum atomic E-state index is 11.6. The van der Waals surface area contributed by atoms with Crippen LogP contribution in [0, 0.1) is 0 Å². The van der Waals surface area contributed by atoms with E-state index in [-0.39, 0.29) is 13.2 Å². The minimum absolute atomic E-state index is 0.0722. The molecule has 1 aliphatic heterocycles. The Morgan fingerprint density at radius 3 is 2.16 bits per heavy atom. The average molecular weight is 266 g/mol. The van der Waals surface area contributed by atoms with Gasteiger partial charge >= 0.3 is 5.97 Å². The highest BCUT2D eigenvalue weighted by Gasteiger charge is 2.32. The van der Waals surface area contributed by atoms with Crippen molar-refractivity contribution in [3.8, 4) is 0 Å². The highest BCUT2D eigenvalue weighted by atomic mass is 16.5. The molecule has 0 aliphatic carbocycles. The molecule has 0 bridgehead atoms. The number of rotatable bonds is 5. The molecule has 19 heavy (non-hydrogen) atoms. The molecule has 0 spiro atoms. The van der Waals surface area contributed by atoms with E-state index >= 15 is 0 Å². The minimum atomic E-state index is -1.52. The van der Waals surface area contributed by atoms with Crippen LogP contribution in [0.4, 0.5) is 0 Å². The predicted molar refractivity (Wildman–Crippen MR) is 60.2 cm³/mol. The Balaban J connectivity index is 2.44. The number of amides is 2. The fourth-order valence-electron chi connectivity index (χ4n) is 1.44. The van der Waals surface area contributed by atoms with Crippen molar-refractivity contribution >= 4 is 23.8 Å². The monoisotopic (exact) mass is 266 g/mol. The Labute approximate surface area is 109 Å². The van der Waals surface area contributed by atoms with Crippen molar-refractivity contribution < 1.29 is 29.0 Å². The second kappa shape index (κ2) is 5.94. The number of ether oxygens (including phenoxy) is 1. The van der Waals surface area contributed by atoms with Crippen LogP contribution in [0.25, 0.3) is 0 Å². The van der Waals surface area contributed by atoms with Crippen molar-refractivity contribution in [1.29, 1.82) is 0 Å². The van der Waals surface area contributed by atoms with Gasteiger partial charge in [-0.15, -0.1) is 0 Å². The number of nitrogens with zero attached hydrogens (tertiary/aromatic N) is 1. The third-order valence-electron chi connectivity index (χ3n) is 2.61. The van der Waals surface area contributed by atoms with E-state index in [1.54, 1.807) is 13.8 Å². The predicted octanol–water partition coefficient (Wildman–Crippen LogP) is -1.46. The maximum Gasteiger partial charge on any atom is 0.330 e. The number of hydrogen-bond donors (Lipinski definition) is 0. The molecule has 0 saturated carbocycles. The number of carbonyl (C=O) groups is 4. The van der Waals surface area contributed by atoms with E-state index in [2.05, 4.69) is 4.74 Å². The summed E-state index contributed by atoms with van der Waals surface area (Å²) in [5.74, 6) is -3.23. The zero-order valence-electron chi connectivity index (χ0n) is 10.5. The van der Waals surface area contributed by atoms with Gasteiger partial charge in [0.2, 0.25) is 0 Å². The molecule has 0 aromatic heterocycles. The Hall–Kier alpha value is -2.44. The highest BCUT2D eigenvalue weighted by molar-refractivity contribution is 6.18. The first-order valence-electron chi connectivity index (χ1n) is 5.44. The van der Waals surface area contributed by atoms with Crippen LogP contribution in [-0.4, -0.2) is 41.8 Å². The average Bonchev–Trinajstić information content (AvgIpc) is 2.53. The van der Waals surface area contributed by atoms with Gasteiger partial charge in [-0.05, 0) is 19.9 Å². The molecule has 2 amide bonds. The quantitative estimate of drug-likeness (QED) is 0.342. The van der Waals surface area contributed by atoms with Crippen molar-refractivity contribution in [1.82, 2.24) is 4.90 Å². The van der Waals surface area contributed by atoms with Gasteiger partial charge in [-0.2, -0.15) is 0 Å². The number of imide groups is 1. The molecular formula is C12H12NO6-. The second-order valence-electron chi connectivity index (χ2n) is 3.83. The SMILES string of the molecule is CC1=C(C)C(=O)N(CCOC(=O)/C=C\C(=O)[O-])C1=O. The van der Waals surface area contributed by atoms with E-state index in [0.717, 1.165) is 4.90 Å². The third kappa shape index (κ3) is 3.51. The van der Waals surface area contributed by atoms with Gasteiger partial charge in [0.05, 0.1) is 12.5 Å². The van der Waals surface area contributed by atoms with Crippen LogP contribution >= 0.6 is 0 Å². The molecule has 0 aromatic rings. The normalized spacial score (nSPS) is 15.6. The number of carboxylic acids is 1. The van der Waals surface area contributed by atoms with E-state index in [1.807, 2.05) is 0 Å². The number of carboxylic acid groups (broad SMARTS) is 1. The first kappa shape index (κ1) is 14.6. The highest BCUT2D eigenvalue weighted by Crippen LogP contribution is 2.18. The van der Waals surface area contributed by atoms with Crippen molar-refractivity contribution in [3.05, 3.63) is 23.3 Å². The number of carbonyl (C=O) groups excluding carboxylic acids is 4. The summed E-state index contributed by atoms with van der Waals surface area (Å²) >= 11 is 0. The topological polar surface area (TPSA) is 104 Å². The zero-order valence-corrected chi connectivity index (χ0v) is 10.5. The van der Waals surface area contributed by atoms with Gasteiger partial charge in [0, 0.05) is 17.2 Å². The van der Waals surface area contributed by atoms with Gasteiger partial charge in [-0.25, -0.2) is 4.79 Å². The lowest BCUT2D eigenvalue weighted by Gasteiger charge is -2.14. The van der Waals surface area contributed by atoms with Gasteiger partial charge in [-0.1, -0.05) is 0 Å². The summed E-state index contributed by atoms with van der Waals surface area (Å²) in [5, 5.41) is 10.0. The van der Waals surface area contributed by atoms with Gasteiger partial charge in [0.25, 0.3) is 11.8 Å². The fraction of sp³-hybridized carbons (Fsp3) is 0.333. The molecule has 0 radical (unpaired) electrons. The lowest BCUT2D eigenvalue weighted by atomic mass is 10.2. The minimum Gasteiger partial charge on any atom is -0.545 e. The van der Waals surface area contributed by atoms with Gasteiger partial charge in [-0.3, -0.25) is 14.5 Å². The van der Waals surface area contributed by atoms with Crippen LogP contribution in [0.2, 0.25) is 0 Å². The molecule has 0 unspecified atom stereocenters. The van der Waals surface area contributed by atoms with E-state index in [0.29, 0.717) is 23.3 Å². The lowest BCUT2D eigenvalue weighted by Crippen LogP contribution is -2.34. The van der Waals surface area contributed by atoms with Crippen LogP contribution in [0.15, 0.2) is 23.3 Å². The molecule has 0 fully saturated rings. The molecule has 0 N–H and O–H groups in total. The van der Waals surface area contributed by atoms with E-state index in [9.17, 15) is 24.3 Å². The van der Waals surface area contributed by atoms with Crippen LogP contribution in [0.5, 0.6) is 0 Å². The zero-order chi connectivity index (χ0) is 14.6. The smallest absolute Gasteiger partial charge is 0.330 e. The molecule has 0 saturated heterocycles. The molecule has 7 heteroatoms. The number of esters is 1. The summed E-state index contributed by atoms with van der Waals surface area (Å²) in [6.45, 7) is 2.82. The maximum absolute atomic E-state index is 11.6. The summed E-state index contributed by atoms with van der Waals surface area (Å²) in [7, 11) is 0. The molecule has 7 nitrogen and oxygen atoms in total.